The van der Waals surface area contributed by atoms with E-state index in [9.17, 15) is 5.11 Å². The molecule has 0 aromatic heterocycles. The van der Waals surface area contributed by atoms with E-state index in [1.54, 1.807) is 0 Å². The zero-order valence-corrected chi connectivity index (χ0v) is 13.8. The Morgan fingerprint density at radius 2 is 2.13 bits per heavy atom. The second kappa shape index (κ2) is 5.22. The highest BCUT2D eigenvalue weighted by Crippen LogP contribution is 2.52. The number of aromatic hydroxyl groups is 1. The highest BCUT2D eigenvalue weighted by molar-refractivity contribution is 5.45. The van der Waals surface area contributed by atoms with Crippen molar-refractivity contribution in [3.63, 3.8) is 0 Å². The number of likely N-dealkylation sites (tertiary alicyclic amines) is 1. The summed E-state index contributed by atoms with van der Waals surface area (Å²) in [6.07, 6.45) is 9.26. The average Bonchev–Trinajstić information content (AvgIpc) is 2.53. The number of nitrogens with zero attached hydrogens (tertiary/aromatic N) is 1. The molecule has 3 atom stereocenters. The van der Waals surface area contributed by atoms with Gasteiger partial charge in [0.1, 0.15) is 5.75 Å². The first-order valence-corrected chi connectivity index (χ1v) is 9.44. The van der Waals surface area contributed by atoms with E-state index < -0.39 is 0 Å². The van der Waals surface area contributed by atoms with Gasteiger partial charge >= 0.3 is 0 Å². The highest BCUT2D eigenvalue weighted by Gasteiger charge is 2.55. The van der Waals surface area contributed by atoms with E-state index in [-0.39, 0.29) is 5.41 Å². The van der Waals surface area contributed by atoms with Gasteiger partial charge in [-0.25, -0.2) is 0 Å². The Morgan fingerprint density at radius 1 is 1.22 bits per heavy atom. The monoisotopic (exact) mass is 313 g/mol. The van der Waals surface area contributed by atoms with Gasteiger partial charge in [-0.2, -0.15) is 0 Å². The summed E-state index contributed by atoms with van der Waals surface area (Å²) in [4.78, 5) is 2.74. The number of hydrogen-bond acceptors (Lipinski definition) is 3. The summed E-state index contributed by atoms with van der Waals surface area (Å²) in [6, 6.07) is 6.61. The number of benzene rings is 1. The van der Waals surface area contributed by atoms with Crippen molar-refractivity contribution in [2.45, 2.75) is 62.5 Å². The van der Waals surface area contributed by atoms with Crippen molar-refractivity contribution in [1.29, 1.82) is 0 Å². The van der Waals surface area contributed by atoms with Crippen LogP contribution in [0.4, 0.5) is 0 Å². The van der Waals surface area contributed by atoms with Gasteiger partial charge in [-0.3, -0.25) is 4.90 Å². The molecule has 2 saturated heterocycles. The Labute approximate surface area is 138 Å². The van der Waals surface area contributed by atoms with Gasteiger partial charge in [0.2, 0.25) is 0 Å². The Morgan fingerprint density at radius 3 is 2.96 bits per heavy atom. The molecule has 0 spiro atoms. The average molecular weight is 313 g/mol. The lowest BCUT2D eigenvalue weighted by atomic mass is 9.59. The van der Waals surface area contributed by atoms with Crippen LogP contribution < -0.4 is 0 Å². The number of rotatable bonds is 2. The van der Waals surface area contributed by atoms with Gasteiger partial charge in [-0.1, -0.05) is 12.5 Å². The van der Waals surface area contributed by atoms with Gasteiger partial charge < -0.3 is 9.84 Å². The molecule has 1 saturated carbocycles. The molecule has 2 heterocycles. The lowest BCUT2D eigenvalue weighted by Crippen LogP contribution is -2.66. The zero-order valence-electron chi connectivity index (χ0n) is 13.8. The van der Waals surface area contributed by atoms with E-state index in [0.29, 0.717) is 17.9 Å². The third-order valence-electron chi connectivity index (χ3n) is 7.05. The van der Waals surface area contributed by atoms with E-state index in [2.05, 4.69) is 11.0 Å². The van der Waals surface area contributed by atoms with E-state index in [1.165, 1.54) is 56.3 Å². The quantitative estimate of drug-likeness (QED) is 0.910. The van der Waals surface area contributed by atoms with Gasteiger partial charge in [0.25, 0.3) is 0 Å². The molecular weight excluding hydrogens is 286 g/mol. The molecule has 0 unspecified atom stereocenters. The number of ether oxygens (including phenoxy) is 1. The molecule has 2 bridgehead atoms. The maximum absolute atomic E-state index is 10.0. The van der Waals surface area contributed by atoms with Gasteiger partial charge in [-0.15, -0.1) is 0 Å². The number of phenols is 1. The summed E-state index contributed by atoms with van der Waals surface area (Å²) in [5, 5.41) is 10.0. The summed E-state index contributed by atoms with van der Waals surface area (Å²) in [7, 11) is 0. The highest BCUT2D eigenvalue weighted by atomic mass is 16.5. The number of piperidine rings is 1. The first-order chi connectivity index (χ1) is 11.3. The van der Waals surface area contributed by atoms with Crippen molar-refractivity contribution < 1.29 is 9.84 Å². The van der Waals surface area contributed by atoms with Crippen LogP contribution in [0.3, 0.4) is 0 Å². The second-order valence-corrected chi connectivity index (χ2v) is 8.21. The number of phenolic OH excluding ortho intramolecular Hbond substituents is 1. The molecule has 3 fully saturated rings. The van der Waals surface area contributed by atoms with Crippen LogP contribution in [0.2, 0.25) is 0 Å². The van der Waals surface area contributed by atoms with Gasteiger partial charge in [0, 0.05) is 24.6 Å². The molecule has 124 valence electrons. The van der Waals surface area contributed by atoms with Crippen molar-refractivity contribution in [3.05, 3.63) is 29.3 Å². The van der Waals surface area contributed by atoms with Crippen LogP contribution in [-0.2, 0) is 16.6 Å². The Balaban J connectivity index is 1.54. The van der Waals surface area contributed by atoms with E-state index in [4.69, 9.17) is 4.74 Å². The van der Waals surface area contributed by atoms with E-state index in [0.717, 1.165) is 25.4 Å². The molecule has 0 amide bonds. The van der Waals surface area contributed by atoms with Crippen LogP contribution in [0, 0.1) is 5.92 Å². The summed E-state index contributed by atoms with van der Waals surface area (Å²) < 4.78 is 6.38. The topological polar surface area (TPSA) is 32.7 Å². The molecule has 4 aliphatic rings. The van der Waals surface area contributed by atoms with Crippen LogP contribution in [0.5, 0.6) is 5.75 Å². The summed E-state index contributed by atoms with van der Waals surface area (Å²) in [6.45, 7) is 3.39. The fraction of sp³-hybridized carbons (Fsp3) is 0.700. The van der Waals surface area contributed by atoms with Crippen molar-refractivity contribution in [3.8, 4) is 5.75 Å². The van der Waals surface area contributed by atoms with E-state index in [1.807, 2.05) is 12.1 Å². The van der Waals surface area contributed by atoms with Gasteiger partial charge in [-0.05, 0) is 74.2 Å². The standard InChI is InChI=1S/C20H27NO2/c22-16-6-5-15-11-18-19-20(17(15)12-16,7-2-10-23-19)8-9-21(18)13-14-3-1-4-14/h5-6,12,14,18-19,22H,1-4,7-11,13H2/t18-,19+,20+/m1/s1. The molecule has 0 radical (unpaired) electrons. The van der Waals surface area contributed by atoms with Crippen LogP contribution in [0.1, 0.15) is 49.7 Å². The summed E-state index contributed by atoms with van der Waals surface area (Å²) in [5.74, 6) is 1.34. The maximum atomic E-state index is 10.0. The lowest BCUT2D eigenvalue weighted by molar-refractivity contribution is -0.131. The van der Waals surface area contributed by atoms with Crippen molar-refractivity contribution in [2.24, 2.45) is 5.92 Å². The minimum Gasteiger partial charge on any atom is -0.508 e. The predicted molar refractivity (Wildman–Crippen MR) is 89.8 cm³/mol. The normalized spacial score (nSPS) is 36.9. The molecular formula is C20H27NO2. The zero-order chi connectivity index (χ0) is 15.4. The first kappa shape index (κ1) is 14.3. The van der Waals surface area contributed by atoms with Crippen LogP contribution in [-0.4, -0.2) is 41.8 Å². The molecule has 1 aromatic carbocycles. The van der Waals surface area contributed by atoms with Crippen LogP contribution in [0.25, 0.3) is 0 Å². The molecule has 5 rings (SSSR count). The molecule has 23 heavy (non-hydrogen) atoms. The van der Waals surface area contributed by atoms with Crippen molar-refractivity contribution >= 4 is 0 Å². The largest absolute Gasteiger partial charge is 0.508 e. The minimum atomic E-state index is 0.158. The minimum absolute atomic E-state index is 0.158. The fourth-order valence-corrected chi connectivity index (χ4v) is 5.67. The molecule has 2 aliphatic heterocycles. The predicted octanol–water partition coefficient (Wildman–Crippen LogP) is 3.24. The Kier molecular flexibility index (Phi) is 3.24. The molecule has 3 nitrogen and oxygen atoms in total. The van der Waals surface area contributed by atoms with Gasteiger partial charge in [0.15, 0.2) is 0 Å². The van der Waals surface area contributed by atoms with Crippen LogP contribution in [0.15, 0.2) is 18.2 Å². The van der Waals surface area contributed by atoms with Gasteiger partial charge in [0.05, 0.1) is 6.10 Å². The second-order valence-electron chi connectivity index (χ2n) is 8.21. The Bertz CT molecular complexity index is 612. The number of fused-ring (bicyclic) bond motifs is 1. The van der Waals surface area contributed by atoms with Crippen molar-refractivity contribution in [1.82, 2.24) is 4.90 Å². The first-order valence-electron chi connectivity index (χ1n) is 9.44. The Hall–Kier alpha value is -1.06. The third kappa shape index (κ3) is 2.09. The van der Waals surface area contributed by atoms with Crippen LogP contribution >= 0.6 is 0 Å². The molecule has 3 heteroatoms. The van der Waals surface area contributed by atoms with Crippen molar-refractivity contribution in [2.75, 3.05) is 19.7 Å². The fourth-order valence-electron chi connectivity index (χ4n) is 5.67. The smallest absolute Gasteiger partial charge is 0.115 e. The molecule has 1 aromatic rings. The maximum Gasteiger partial charge on any atom is 0.115 e. The molecule has 2 aliphatic carbocycles. The van der Waals surface area contributed by atoms with E-state index >= 15 is 0 Å². The lowest BCUT2D eigenvalue weighted by Gasteiger charge is -2.59. The SMILES string of the molecule is Oc1ccc2c(c1)[C@@]13CCCO[C@H]1[C@@H](C2)N(CC1CCC1)CC3. The molecule has 1 N–H and O–H groups in total. The summed E-state index contributed by atoms with van der Waals surface area (Å²) >= 11 is 0. The summed E-state index contributed by atoms with van der Waals surface area (Å²) in [5.41, 5.74) is 3.00. The third-order valence-corrected chi connectivity index (χ3v) is 7.05. The number of hydrogen-bond donors (Lipinski definition) is 1.